The quantitative estimate of drug-likeness (QED) is 0.606. The molecule has 0 amide bonds. The van der Waals surface area contributed by atoms with E-state index in [0.29, 0.717) is 28.2 Å². The number of hydrogen-bond donors (Lipinski definition) is 0. The molecule has 22 heavy (non-hydrogen) atoms. The summed E-state index contributed by atoms with van der Waals surface area (Å²) in [6, 6.07) is 11.9. The molecule has 0 bridgehead atoms. The van der Waals surface area contributed by atoms with Crippen molar-refractivity contribution in [3.8, 4) is 11.5 Å². The number of aldehydes is 1. The Morgan fingerprint density at radius 1 is 1.09 bits per heavy atom. The highest BCUT2D eigenvalue weighted by molar-refractivity contribution is 5.89. The summed E-state index contributed by atoms with van der Waals surface area (Å²) in [7, 11) is 2.86. The van der Waals surface area contributed by atoms with Gasteiger partial charge in [-0.1, -0.05) is 12.1 Å². The Kier molecular flexibility index (Phi) is 5.14. The number of benzene rings is 2. The van der Waals surface area contributed by atoms with Gasteiger partial charge in [0.05, 0.1) is 25.3 Å². The second-order valence-corrected chi connectivity index (χ2v) is 4.46. The minimum absolute atomic E-state index is 0.166. The Morgan fingerprint density at radius 3 is 2.55 bits per heavy atom. The second kappa shape index (κ2) is 7.26. The van der Waals surface area contributed by atoms with E-state index in [1.807, 2.05) is 0 Å². The lowest BCUT2D eigenvalue weighted by Crippen LogP contribution is -2.05. The van der Waals surface area contributed by atoms with E-state index in [4.69, 9.17) is 14.2 Å². The summed E-state index contributed by atoms with van der Waals surface area (Å²) in [5.74, 6) is 0.636. The highest BCUT2D eigenvalue weighted by Crippen LogP contribution is 2.24. The van der Waals surface area contributed by atoms with Crippen molar-refractivity contribution in [2.75, 3.05) is 14.2 Å². The molecule has 0 N–H and O–H groups in total. The van der Waals surface area contributed by atoms with E-state index in [-0.39, 0.29) is 6.61 Å². The fraction of sp³-hybridized carbons (Fsp3) is 0.176. The summed E-state index contributed by atoms with van der Waals surface area (Å²) in [6.45, 7) is 0.166. The first-order valence-corrected chi connectivity index (χ1v) is 6.61. The fourth-order valence-corrected chi connectivity index (χ4v) is 2.00. The normalized spacial score (nSPS) is 9.91. The van der Waals surface area contributed by atoms with Crippen molar-refractivity contribution in [1.29, 1.82) is 0 Å². The highest BCUT2D eigenvalue weighted by Gasteiger charge is 2.11. The van der Waals surface area contributed by atoms with Crippen molar-refractivity contribution in [2.45, 2.75) is 6.61 Å². The molecule has 0 aliphatic carbocycles. The third-order valence-corrected chi connectivity index (χ3v) is 3.13. The number of carbonyl (C=O) groups is 2. The van der Waals surface area contributed by atoms with Crippen molar-refractivity contribution in [2.24, 2.45) is 0 Å². The molecule has 114 valence electrons. The number of esters is 1. The molecule has 0 heterocycles. The molecule has 0 spiro atoms. The molecule has 0 aromatic heterocycles. The summed E-state index contributed by atoms with van der Waals surface area (Å²) >= 11 is 0. The molecular formula is C17H16O5. The van der Waals surface area contributed by atoms with Crippen molar-refractivity contribution < 1.29 is 23.8 Å². The Bertz CT molecular complexity index is 678. The van der Waals surface area contributed by atoms with Gasteiger partial charge in [0.15, 0.2) is 6.29 Å². The van der Waals surface area contributed by atoms with E-state index in [0.717, 1.165) is 6.29 Å². The maximum Gasteiger partial charge on any atom is 0.337 e. The number of carbonyl (C=O) groups excluding carboxylic acids is 2. The van der Waals surface area contributed by atoms with E-state index >= 15 is 0 Å². The summed E-state index contributed by atoms with van der Waals surface area (Å²) < 4.78 is 15.6. The molecule has 2 aromatic rings. The van der Waals surface area contributed by atoms with Gasteiger partial charge in [0.2, 0.25) is 0 Å². The lowest BCUT2D eigenvalue weighted by molar-refractivity contribution is 0.0600. The highest BCUT2D eigenvalue weighted by atomic mass is 16.5. The fourth-order valence-electron chi connectivity index (χ4n) is 2.00. The molecule has 5 nitrogen and oxygen atoms in total. The van der Waals surface area contributed by atoms with Crippen LogP contribution in [0.5, 0.6) is 11.5 Å². The van der Waals surface area contributed by atoms with E-state index in [1.165, 1.54) is 14.2 Å². The topological polar surface area (TPSA) is 61.8 Å². The summed E-state index contributed by atoms with van der Waals surface area (Å²) in [6.07, 6.45) is 0.734. The van der Waals surface area contributed by atoms with Crippen molar-refractivity contribution in [3.63, 3.8) is 0 Å². The Balaban J connectivity index is 2.24. The third-order valence-electron chi connectivity index (χ3n) is 3.13. The number of hydrogen-bond acceptors (Lipinski definition) is 5. The van der Waals surface area contributed by atoms with Gasteiger partial charge >= 0.3 is 5.97 Å². The monoisotopic (exact) mass is 300 g/mol. The average Bonchev–Trinajstić information content (AvgIpc) is 2.59. The van der Waals surface area contributed by atoms with Crippen LogP contribution < -0.4 is 9.47 Å². The average molecular weight is 300 g/mol. The van der Waals surface area contributed by atoms with Crippen LogP contribution in [0.4, 0.5) is 0 Å². The molecule has 0 unspecified atom stereocenters. The molecule has 0 atom stereocenters. The first-order valence-electron chi connectivity index (χ1n) is 6.61. The van der Waals surface area contributed by atoms with Crippen molar-refractivity contribution >= 4 is 12.3 Å². The molecule has 0 saturated carbocycles. The molecule has 2 rings (SSSR count). The maximum absolute atomic E-state index is 11.6. The zero-order chi connectivity index (χ0) is 15.9. The number of ether oxygens (including phenoxy) is 3. The van der Waals surface area contributed by atoms with Crippen LogP contribution in [0.3, 0.4) is 0 Å². The lowest BCUT2D eigenvalue weighted by Gasteiger charge is -2.12. The van der Waals surface area contributed by atoms with Crippen LogP contribution in [0, 0.1) is 0 Å². The standard InChI is InChI=1S/C17H16O5/c1-20-15-8-7-12(17(19)21-2)9-14(15)11-22-16-6-4-3-5-13(16)10-18/h3-10H,11H2,1-2H3. The first kappa shape index (κ1) is 15.6. The van der Waals surface area contributed by atoms with Gasteiger partial charge in [0.1, 0.15) is 18.1 Å². The Hall–Kier alpha value is -2.82. The Morgan fingerprint density at radius 2 is 1.86 bits per heavy atom. The Labute approximate surface area is 128 Å². The van der Waals surface area contributed by atoms with E-state index in [2.05, 4.69) is 0 Å². The summed E-state index contributed by atoms with van der Waals surface area (Å²) in [4.78, 5) is 22.6. The molecule has 0 aliphatic heterocycles. The van der Waals surface area contributed by atoms with Crippen molar-refractivity contribution in [3.05, 3.63) is 59.2 Å². The van der Waals surface area contributed by atoms with Gasteiger partial charge in [0.25, 0.3) is 0 Å². The van der Waals surface area contributed by atoms with Gasteiger partial charge in [-0.25, -0.2) is 4.79 Å². The van der Waals surface area contributed by atoms with Gasteiger partial charge in [-0.15, -0.1) is 0 Å². The van der Waals surface area contributed by atoms with Crippen LogP contribution in [0.25, 0.3) is 0 Å². The zero-order valence-corrected chi connectivity index (χ0v) is 12.4. The zero-order valence-electron chi connectivity index (χ0n) is 12.4. The summed E-state index contributed by atoms with van der Waals surface area (Å²) in [5, 5.41) is 0. The number of methoxy groups -OCH3 is 2. The van der Waals surface area contributed by atoms with Gasteiger partial charge in [-0.2, -0.15) is 0 Å². The smallest absolute Gasteiger partial charge is 0.337 e. The van der Waals surface area contributed by atoms with Crippen LogP contribution >= 0.6 is 0 Å². The second-order valence-electron chi connectivity index (χ2n) is 4.46. The number of para-hydroxylation sites is 1. The van der Waals surface area contributed by atoms with Crippen LogP contribution in [0.1, 0.15) is 26.3 Å². The molecule has 5 heteroatoms. The van der Waals surface area contributed by atoms with E-state index in [1.54, 1.807) is 42.5 Å². The molecule has 0 saturated heterocycles. The number of rotatable bonds is 6. The predicted molar refractivity (Wildman–Crippen MR) is 80.5 cm³/mol. The first-order chi connectivity index (χ1) is 10.7. The predicted octanol–water partition coefficient (Wildman–Crippen LogP) is 2.87. The van der Waals surface area contributed by atoms with Gasteiger partial charge in [-0.3, -0.25) is 4.79 Å². The minimum Gasteiger partial charge on any atom is -0.496 e. The van der Waals surface area contributed by atoms with Crippen LogP contribution in [0.15, 0.2) is 42.5 Å². The van der Waals surface area contributed by atoms with Crippen LogP contribution in [-0.4, -0.2) is 26.5 Å². The largest absolute Gasteiger partial charge is 0.496 e. The van der Waals surface area contributed by atoms with Gasteiger partial charge < -0.3 is 14.2 Å². The van der Waals surface area contributed by atoms with Crippen LogP contribution in [-0.2, 0) is 11.3 Å². The third kappa shape index (κ3) is 3.44. The van der Waals surface area contributed by atoms with E-state index in [9.17, 15) is 9.59 Å². The minimum atomic E-state index is -0.433. The van der Waals surface area contributed by atoms with Gasteiger partial charge in [0, 0.05) is 5.56 Å². The van der Waals surface area contributed by atoms with Crippen LogP contribution in [0.2, 0.25) is 0 Å². The van der Waals surface area contributed by atoms with E-state index < -0.39 is 5.97 Å². The molecule has 0 fully saturated rings. The summed E-state index contributed by atoms with van der Waals surface area (Å²) in [5.41, 5.74) is 1.56. The van der Waals surface area contributed by atoms with Crippen molar-refractivity contribution in [1.82, 2.24) is 0 Å². The molecule has 0 aliphatic rings. The SMILES string of the molecule is COC(=O)c1ccc(OC)c(COc2ccccc2C=O)c1. The molecule has 2 aromatic carbocycles. The molecular weight excluding hydrogens is 284 g/mol. The van der Waals surface area contributed by atoms with Gasteiger partial charge in [-0.05, 0) is 30.3 Å². The lowest BCUT2D eigenvalue weighted by atomic mass is 10.1. The maximum atomic E-state index is 11.6. The molecule has 0 radical (unpaired) electrons.